The van der Waals surface area contributed by atoms with Crippen molar-refractivity contribution in [1.82, 2.24) is 0 Å². The highest BCUT2D eigenvalue weighted by molar-refractivity contribution is 7.92. The molecule has 8 heteroatoms. The topological polar surface area (TPSA) is 75.7 Å². The molecule has 0 aliphatic carbocycles. The van der Waals surface area contributed by atoms with E-state index in [0.717, 1.165) is 6.26 Å². The van der Waals surface area contributed by atoms with Crippen molar-refractivity contribution >= 4 is 38.9 Å². The molecule has 29 heavy (non-hydrogen) atoms. The molecule has 0 spiro atoms. The number of ether oxygens (including phenoxy) is 1. The van der Waals surface area contributed by atoms with Crippen LogP contribution in [0.3, 0.4) is 0 Å². The number of hydrogen-bond acceptors (Lipinski definition) is 4. The molecule has 0 atom stereocenters. The Labute approximate surface area is 177 Å². The third-order valence-corrected chi connectivity index (χ3v) is 5.75. The number of carbonyl (C=O) groups excluding carboxylic acids is 1. The van der Waals surface area contributed by atoms with Crippen molar-refractivity contribution in [3.63, 3.8) is 0 Å². The number of hydrogen-bond donors (Lipinski definition) is 1. The predicted molar refractivity (Wildman–Crippen MR) is 118 cm³/mol. The number of rotatable bonds is 9. The lowest BCUT2D eigenvalue weighted by Crippen LogP contribution is -2.32. The van der Waals surface area contributed by atoms with Crippen molar-refractivity contribution in [3.8, 4) is 5.75 Å². The van der Waals surface area contributed by atoms with Gasteiger partial charge in [0.2, 0.25) is 15.9 Å². The highest BCUT2D eigenvalue weighted by Crippen LogP contribution is 2.28. The fourth-order valence-corrected chi connectivity index (χ4v) is 4.04. The summed E-state index contributed by atoms with van der Waals surface area (Å²) in [4.78, 5) is 12.3. The van der Waals surface area contributed by atoms with Gasteiger partial charge in [0.05, 0.1) is 18.0 Å². The van der Waals surface area contributed by atoms with Gasteiger partial charge in [-0.25, -0.2) is 8.42 Å². The maximum absolute atomic E-state index is 12.3. The summed E-state index contributed by atoms with van der Waals surface area (Å²) >= 11 is 6.13. The summed E-state index contributed by atoms with van der Waals surface area (Å²) in [6, 6.07) is 12.3. The first-order chi connectivity index (χ1) is 13.6. The summed E-state index contributed by atoms with van der Waals surface area (Å²) in [6.45, 7) is 5.82. The van der Waals surface area contributed by atoms with E-state index in [1.807, 2.05) is 19.9 Å². The molecular weight excluding hydrogens is 412 g/mol. The average Bonchev–Trinajstić information content (AvgIpc) is 2.60. The Bertz CT molecular complexity index is 961. The molecule has 1 N–H and O–H groups in total. The molecule has 0 aliphatic rings. The van der Waals surface area contributed by atoms with E-state index in [1.165, 1.54) is 4.31 Å². The molecule has 1 amide bonds. The van der Waals surface area contributed by atoms with Gasteiger partial charge < -0.3 is 10.1 Å². The van der Waals surface area contributed by atoms with Gasteiger partial charge in [0.25, 0.3) is 0 Å². The predicted octanol–water partition coefficient (Wildman–Crippen LogP) is 4.62. The van der Waals surface area contributed by atoms with Gasteiger partial charge in [0, 0.05) is 29.7 Å². The minimum Gasteiger partial charge on any atom is -0.491 e. The molecule has 2 aromatic carbocycles. The van der Waals surface area contributed by atoms with Crippen LogP contribution in [0.5, 0.6) is 5.75 Å². The Balaban J connectivity index is 1.99. The molecule has 0 heterocycles. The van der Waals surface area contributed by atoms with Gasteiger partial charge in [-0.15, -0.1) is 0 Å². The Morgan fingerprint density at radius 1 is 1.21 bits per heavy atom. The van der Waals surface area contributed by atoms with Crippen molar-refractivity contribution in [3.05, 3.63) is 53.1 Å². The van der Waals surface area contributed by atoms with Gasteiger partial charge in [0.1, 0.15) is 5.75 Å². The molecule has 0 saturated carbocycles. The van der Waals surface area contributed by atoms with Crippen molar-refractivity contribution in [2.45, 2.75) is 39.7 Å². The molecule has 0 fully saturated rings. The Hall–Kier alpha value is -2.25. The second kappa shape index (κ2) is 9.98. The van der Waals surface area contributed by atoms with Gasteiger partial charge in [-0.2, -0.15) is 0 Å². The van der Waals surface area contributed by atoms with E-state index in [1.54, 1.807) is 43.3 Å². The number of anilines is 2. The third kappa shape index (κ3) is 6.94. The molecule has 0 aliphatic heterocycles. The molecule has 2 rings (SSSR count). The summed E-state index contributed by atoms with van der Waals surface area (Å²) in [6.07, 6.45) is 1.74. The average molecular weight is 439 g/mol. The minimum absolute atomic E-state index is 0.0397. The largest absolute Gasteiger partial charge is 0.491 e. The fraction of sp³-hybridized carbons (Fsp3) is 0.381. The van der Waals surface area contributed by atoms with Crippen LogP contribution >= 0.6 is 11.6 Å². The highest BCUT2D eigenvalue weighted by Gasteiger charge is 2.20. The molecule has 2 aromatic rings. The SMILES string of the molecule is Cc1c(Cl)cccc1N(CCCC(=O)Nc1cccc(OC(C)C)c1)S(C)(=O)=O. The standard InChI is InChI=1S/C21H27ClN2O4S/c1-15(2)28-18-9-5-8-17(14-18)23-21(25)12-7-13-24(29(4,26)27)20-11-6-10-19(22)16(20)3/h5-6,8-11,14-15H,7,12-13H2,1-4H3,(H,23,25). The zero-order chi connectivity index (χ0) is 21.6. The number of sulfonamides is 1. The summed E-state index contributed by atoms with van der Waals surface area (Å²) in [7, 11) is -3.50. The zero-order valence-electron chi connectivity index (χ0n) is 17.1. The van der Waals surface area contributed by atoms with Gasteiger partial charge in [0.15, 0.2) is 0 Å². The monoisotopic (exact) mass is 438 g/mol. The van der Waals surface area contributed by atoms with E-state index in [9.17, 15) is 13.2 Å². The van der Waals surface area contributed by atoms with Crippen LogP contribution in [-0.4, -0.2) is 33.2 Å². The molecule has 0 aromatic heterocycles. The number of nitrogens with zero attached hydrogens (tertiary/aromatic N) is 1. The lowest BCUT2D eigenvalue weighted by Gasteiger charge is -2.24. The van der Waals surface area contributed by atoms with Gasteiger partial charge in [-0.1, -0.05) is 23.7 Å². The van der Waals surface area contributed by atoms with E-state index in [2.05, 4.69) is 5.32 Å². The first-order valence-corrected chi connectivity index (χ1v) is 11.6. The van der Waals surface area contributed by atoms with E-state index in [-0.39, 0.29) is 25.0 Å². The number of halogens is 1. The van der Waals surface area contributed by atoms with Gasteiger partial charge >= 0.3 is 0 Å². The molecule has 158 valence electrons. The smallest absolute Gasteiger partial charge is 0.232 e. The van der Waals surface area contributed by atoms with E-state index in [0.29, 0.717) is 34.1 Å². The summed E-state index contributed by atoms with van der Waals surface area (Å²) < 4.78 is 31.4. The number of benzene rings is 2. The van der Waals surface area contributed by atoms with Crippen LogP contribution in [0, 0.1) is 6.92 Å². The summed E-state index contributed by atoms with van der Waals surface area (Å²) in [5.74, 6) is 0.487. The maximum Gasteiger partial charge on any atom is 0.232 e. The van der Waals surface area contributed by atoms with Crippen molar-refractivity contribution in [2.75, 3.05) is 22.4 Å². The van der Waals surface area contributed by atoms with Crippen LogP contribution in [-0.2, 0) is 14.8 Å². The van der Waals surface area contributed by atoms with E-state index < -0.39 is 10.0 Å². The maximum atomic E-state index is 12.3. The zero-order valence-corrected chi connectivity index (χ0v) is 18.7. The summed E-state index contributed by atoms with van der Waals surface area (Å²) in [5, 5.41) is 3.32. The molecule has 0 saturated heterocycles. The molecule has 6 nitrogen and oxygen atoms in total. The van der Waals surface area contributed by atoms with Crippen molar-refractivity contribution < 1.29 is 17.9 Å². The van der Waals surface area contributed by atoms with Crippen LogP contribution in [0.1, 0.15) is 32.3 Å². The molecule has 0 bridgehead atoms. The van der Waals surface area contributed by atoms with Crippen LogP contribution in [0.25, 0.3) is 0 Å². The first-order valence-electron chi connectivity index (χ1n) is 9.37. The number of nitrogens with one attached hydrogen (secondary N) is 1. The normalized spacial score (nSPS) is 11.4. The molecular formula is C21H27ClN2O4S. The second-order valence-electron chi connectivity index (χ2n) is 7.07. The van der Waals surface area contributed by atoms with E-state index >= 15 is 0 Å². The number of amides is 1. The minimum atomic E-state index is -3.50. The van der Waals surface area contributed by atoms with Crippen molar-refractivity contribution in [2.24, 2.45) is 0 Å². The third-order valence-electron chi connectivity index (χ3n) is 4.16. The lowest BCUT2D eigenvalue weighted by molar-refractivity contribution is -0.116. The van der Waals surface area contributed by atoms with E-state index in [4.69, 9.17) is 16.3 Å². The van der Waals surface area contributed by atoms with Gasteiger partial charge in [-0.05, 0) is 57.0 Å². The second-order valence-corrected chi connectivity index (χ2v) is 9.38. The summed E-state index contributed by atoms with van der Waals surface area (Å²) in [5.41, 5.74) is 1.85. The highest BCUT2D eigenvalue weighted by atomic mass is 35.5. The van der Waals surface area contributed by atoms with Crippen LogP contribution in [0.15, 0.2) is 42.5 Å². The Morgan fingerprint density at radius 2 is 1.90 bits per heavy atom. The van der Waals surface area contributed by atoms with Gasteiger partial charge in [-0.3, -0.25) is 9.10 Å². The van der Waals surface area contributed by atoms with Crippen LogP contribution in [0.2, 0.25) is 5.02 Å². The number of carbonyl (C=O) groups is 1. The van der Waals surface area contributed by atoms with Crippen LogP contribution < -0.4 is 14.4 Å². The fourth-order valence-electron chi connectivity index (χ4n) is 2.86. The Morgan fingerprint density at radius 3 is 2.55 bits per heavy atom. The van der Waals surface area contributed by atoms with Crippen LogP contribution in [0.4, 0.5) is 11.4 Å². The molecule has 0 unspecified atom stereocenters. The van der Waals surface area contributed by atoms with Crippen molar-refractivity contribution in [1.29, 1.82) is 0 Å². The quantitative estimate of drug-likeness (QED) is 0.619. The lowest BCUT2D eigenvalue weighted by atomic mass is 10.2. The Kier molecular flexibility index (Phi) is 7.93. The first kappa shape index (κ1) is 23.0. The molecule has 0 radical (unpaired) electrons.